The maximum Gasteiger partial charge on any atom is 0.326 e. The van der Waals surface area contributed by atoms with Crippen LogP contribution >= 0.6 is 22.6 Å². The van der Waals surface area contributed by atoms with E-state index < -0.39 is 38.0 Å². The molecule has 0 heterocycles. The molecule has 0 amide bonds. The molecule has 0 fully saturated rings. The molecule has 0 saturated carbocycles. The van der Waals surface area contributed by atoms with Gasteiger partial charge in [0, 0.05) is 9.64 Å². The van der Waals surface area contributed by atoms with Gasteiger partial charge in [-0.15, -0.1) is 0 Å². The Morgan fingerprint density at radius 2 is 1.80 bits per heavy atom. The second-order valence-electron chi connectivity index (χ2n) is 4.76. The number of methoxy groups -OCH3 is 1. The van der Waals surface area contributed by atoms with E-state index in [0.29, 0.717) is 3.57 Å². The van der Waals surface area contributed by atoms with E-state index in [0.717, 1.165) is 23.5 Å². The molecule has 0 radical (unpaired) electrons. The zero-order valence-electron chi connectivity index (χ0n) is 13.0. The van der Waals surface area contributed by atoms with Crippen molar-refractivity contribution in [2.24, 2.45) is 0 Å². The van der Waals surface area contributed by atoms with Gasteiger partial charge in [0.15, 0.2) is 4.90 Å². The number of benzene rings is 2. The normalized spacial score (nSPS) is 11.0. The fourth-order valence-corrected chi connectivity index (χ4v) is 4.51. The lowest BCUT2D eigenvalue weighted by molar-refractivity contribution is -0.387. The third kappa shape index (κ3) is 4.07. The number of ether oxygens (including phenoxy) is 1. The molecule has 2 rings (SSSR count). The summed E-state index contributed by atoms with van der Waals surface area (Å²) in [6.07, 6.45) is 0. The number of esters is 1. The molecule has 0 aliphatic rings. The zero-order valence-corrected chi connectivity index (χ0v) is 15.9. The average Bonchev–Trinajstić information content (AvgIpc) is 2.60. The maximum absolute atomic E-state index is 13.1. The van der Waals surface area contributed by atoms with E-state index in [1.165, 1.54) is 18.2 Å². The molecule has 0 bridgehead atoms. The number of hydrogen-bond donors (Lipinski definition) is 0. The van der Waals surface area contributed by atoms with Crippen molar-refractivity contribution in [3.8, 4) is 0 Å². The summed E-state index contributed by atoms with van der Waals surface area (Å²) in [5.74, 6) is -0.790. The first-order valence-electron chi connectivity index (χ1n) is 6.86. The Morgan fingerprint density at radius 1 is 1.20 bits per heavy atom. The van der Waals surface area contributed by atoms with Crippen LogP contribution in [-0.4, -0.2) is 33.0 Å². The first kappa shape index (κ1) is 19.1. The molecule has 0 aromatic heterocycles. The number of hydrogen-bond acceptors (Lipinski definition) is 6. The van der Waals surface area contributed by atoms with Gasteiger partial charge in [-0.2, -0.15) is 0 Å². The SMILES string of the molecule is COC(=O)CN(c1ccccc1I)S(=O)(=O)c1ccccc1[N+](=O)[O-]. The molecule has 0 aliphatic heterocycles. The fraction of sp³-hybridized carbons (Fsp3) is 0.133. The Labute approximate surface area is 157 Å². The highest BCUT2D eigenvalue weighted by molar-refractivity contribution is 14.1. The highest BCUT2D eigenvalue weighted by atomic mass is 127. The molecule has 2 aromatic rings. The topological polar surface area (TPSA) is 107 Å². The number of anilines is 1. The van der Waals surface area contributed by atoms with Crippen molar-refractivity contribution in [3.63, 3.8) is 0 Å². The highest BCUT2D eigenvalue weighted by Gasteiger charge is 2.34. The number of nitro benzene ring substituents is 1. The molecule has 0 spiro atoms. The summed E-state index contributed by atoms with van der Waals surface area (Å²) in [5, 5.41) is 11.2. The van der Waals surface area contributed by atoms with Gasteiger partial charge in [0.1, 0.15) is 6.54 Å². The van der Waals surface area contributed by atoms with Crippen LogP contribution < -0.4 is 4.31 Å². The van der Waals surface area contributed by atoms with Gasteiger partial charge < -0.3 is 4.74 Å². The minimum absolute atomic E-state index is 0.228. The van der Waals surface area contributed by atoms with Crippen LogP contribution in [0.3, 0.4) is 0 Å². The van der Waals surface area contributed by atoms with Crippen molar-refractivity contribution in [2.75, 3.05) is 18.0 Å². The van der Waals surface area contributed by atoms with Crippen LogP contribution in [-0.2, 0) is 19.6 Å². The summed E-state index contributed by atoms with van der Waals surface area (Å²) < 4.78 is 32.1. The Bertz CT molecular complexity index is 916. The quantitative estimate of drug-likeness (QED) is 0.275. The molecule has 25 heavy (non-hydrogen) atoms. The summed E-state index contributed by atoms with van der Waals surface area (Å²) in [7, 11) is -3.24. The van der Waals surface area contributed by atoms with Gasteiger partial charge >= 0.3 is 5.97 Å². The molecular weight excluding hydrogens is 463 g/mol. The number of halogens is 1. The smallest absolute Gasteiger partial charge is 0.326 e. The molecule has 0 unspecified atom stereocenters. The van der Waals surface area contributed by atoms with Gasteiger partial charge in [-0.05, 0) is 40.8 Å². The largest absolute Gasteiger partial charge is 0.468 e. The van der Waals surface area contributed by atoms with Crippen molar-refractivity contribution in [1.29, 1.82) is 0 Å². The van der Waals surface area contributed by atoms with Crippen molar-refractivity contribution in [1.82, 2.24) is 0 Å². The zero-order chi connectivity index (χ0) is 18.6. The van der Waals surface area contributed by atoms with Gasteiger partial charge in [-0.1, -0.05) is 24.3 Å². The second kappa shape index (κ2) is 7.78. The fourth-order valence-electron chi connectivity index (χ4n) is 2.08. The lowest BCUT2D eigenvalue weighted by atomic mass is 10.3. The molecular formula is C15H13IN2O6S. The number of para-hydroxylation sites is 2. The van der Waals surface area contributed by atoms with E-state index >= 15 is 0 Å². The number of carbonyl (C=O) groups is 1. The highest BCUT2D eigenvalue weighted by Crippen LogP contribution is 2.32. The van der Waals surface area contributed by atoms with Crippen LogP contribution in [0.1, 0.15) is 0 Å². The number of nitro groups is 1. The number of carbonyl (C=O) groups excluding carboxylic acids is 1. The van der Waals surface area contributed by atoms with Crippen LogP contribution in [0.5, 0.6) is 0 Å². The Kier molecular flexibility index (Phi) is 5.95. The second-order valence-corrected chi connectivity index (χ2v) is 7.76. The van der Waals surface area contributed by atoms with Crippen molar-refractivity contribution in [2.45, 2.75) is 4.90 Å². The lowest BCUT2D eigenvalue weighted by Crippen LogP contribution is -2.37. The summed E-state index contributed by atoms with van der Waals surface area (Å²) in [5.41, 5.74) is -0.338. The average molecular weight is 476 g/mol. The maximum atomic E-state index is 13.1. The van der Waals surface area contributed by atoms with Gasteiger partial charge in [-0.25, -0.2) is 8.42 Å². The van der Waals surface area contributed by atoms with Gasteiger partial charge in [-0.3, -0.25) is 19.2 Å². The lowest BCUT2D eigenvalue weighted by Gasteiger charge is -2.24. The third-order valence-corrected chi connectivity index (χ3v) is 5.97. The predicted molar refractivity (Wildman–Crippen MR) is 98.8 cm³/mol. The third-order valence-electron chi connectivity index (χ3n) is 3.25. The molecule has 0 atom stereocenters. The van der Waals surface area contributed by atoms with E-state index in [2.05, 4.69) is 4.74 Å². The monoisotopic (exact) mass is 476 g/mol. The minimum atomic E-state index is -4.37. The number of nitrogens with zero attached hydrogens (tertiary/aromatic N) is 2. The van der Waals surface area contributed by atoms with Crippen molar-refractivity contribution in [3.05, 3.63) is 62.2 Å². The molecule has 132 valence electrons. The predicted octanol–water partition coefficient (Wildman–Crippen LogP) is 2.57. The van der Waals surface area contributed by atoms with Crippen LogP contribution in [0.25, 0.3) is 0 Å². The van der Waals surface area contributed by atoms with Gasteiger partial charge in [0.05, 0.1) is 17.7 Å². The minimum Gasteiger partial charge on any atom is -0.468 e. The first-order valence-corrected chi connectivity index (χ1v) is 9.38. The molecule has 0 aliphatic carbocycles. The van der Waals surface area contributed by atoms with Crippen LogP contribution in [0, 0.1) is 13.7 Å². The van der Waals surface area contributed by atoms with Gasteiger partial charge in [0.2, 0.25) is 0 Å². The van der Waals surface area contributed by atoms with E-state index in [1.54, 1.807) is 18.2 Å². The summed E-state index contributed by atoms with van der Waals surface area (Å²) in [6.45, 7) is -0.606. The van der Waals surface area contributed by atoms with Crippen molar-refractivity contribution >= 4 is 50.0 Å². The van der Waals surface area contributed by atoms with Crippen LogP contribution in [0.2, 0.25) is 0 Å². The van der Waals surface area contributed by atoms with E-state index in [9.17, 15) is 23.3 Å². The summed E-state index contributed by atoms with van der Waals surface area (Å²) in [6, 6.07) is 11.5. The van der Waals surface area contributed by atoms with Crippen LogP contribution in [0.15, 0.2) is 53.4 Å². The Hall–Kier alpha value is -2.21. The van der Waals surface area contributed by atoms with E-state index in [-0.39, 0.29) is 5.69 Å². The number of sulfonamides is 1. The summed E-state index contributed by atoms with van der Waals surface area (Å²) >= 11 is 1.92. The van der Waals surface area contributed by atoms with Crippen molar-refractivity contribution < 1.29 is 22.9 Å². The van der Waals surface area contributed by atoms with Crippen LogP contribution in [0.4, 0.5) is 11.4 Å². The molecule has 2 aromatic carbocycles. The standard InChI is InChI=1S/C15H13IN2O6S/c1-24-15(19)10-17(12-7-3-2-6-11(12)16)25(22,23)14-9-5-4-8-13(14)18(20)21/h2-9H,10H2,1H3. The van der Waals surface area contributed by atoms with Gasteiger partial charge in [0.25, 0.3) is 15.7 Å². The first-order chi connectivity index (χ1) is 11.8. The Balaban J connectivity index is 2.67. The van der Waals surface area contributed by atoms with E-state index in [1.807, 2.05) is 22.6 Å². The Morgan fingerprint density at radius 3 is 2.40 bits per heavy atom. The summed E-state index contributed by atoms with van der Waals surface area (Å²) in [4.78, 5) is 21.7. The molecule has 10 heteroatoms. The molecule has 0 N–H and O–H groups in total. The van der Waals surface area contributed by atoms with E-state index in [4.69, 9.17) is 0 Å². The number of rotatable bonds is 6. The molecule has 8 nitrogen and oxygen atoms in total. The molecule has 0 saturated heterocycles.